The summed E-state index contributed by atoms with van der Waals surface area (Å²) in [6.45, 7) is 4.84. The number of rotatable bonds is 4. The number of halogens is 1. The molecule has 6 heteroatoms. The summed E-state index contributed by atoms with van der Waals surface area (Å²) in [5.74, 6) is -0.324. The summed E-state index contributed by atoms with van der Waals surface area (Å²) in [4.78, 5) is 27.0. The zero-order valence-electron chi connectivity index (χ0n) is 16.1. The highest BCUT2D eigenvalue weighted by Gasteiger charge is 2.36. The fraction of sp³-hybridized carbons (Fsp3) is 0.130. The molecule has 0 atom stereocenters. The van der Waals surface area contributed by atoms with E-state index in [1.165, 1.54) is 10.5 Å². The van der Waals surface area contributed by atoms with Crippen molar-refractivity contribution in [3.8, 4) is 0 Å². The zero-order chi connectivity index (χ0) is 20.5. The van der Waals surface area contributed by atoms with Gasteiger partial charge in [0.05, 0.1) is 10.6 Å². The van der Waals surface area contributed by atoms with Crippen molar-refractivity contribution in [3.05, 3.63) is 93.1 Å². The monoisotopic (exact) mass is 422 g/mol. The van der Waals surface area contributed by atoms with E-state index in [0.29, 0.717) is 15.6 Å². The maximum absolute atomic E-state index is 12.9. The second kappa shape index (κ2) is 7.93. The quantitative estimate of drug-likeness (QED) is 0.481. The number of hydrogen-bond acceptors (Lipinski definition) is 3. The highest BCUT2D eigenvalue weighted by molar-refractivity contribution is 8.19. The molecular weight excluding hydrogens is 404 g/mol. The van der Waals surface area contributed by atoms with Crippen LogP contribution in [0.1, 0.15) is 22.5 Å². The van der Waals surface area contributed by atoms with Crippen molar-refractivity contribution >= 4 is 46.3 Å². The van der Waals surface area contributed by atoms with Crippen molar-refractivity contribution in [2.75, 3.05) is 4.90 Å². The Kier molecular flexibility index (Phi) is 5.35. The molecule has 2 amide bonds. The Balaban J connectivity index is 1.64. The van der Waals surface area contributed by atoms with E-state index >= 15 is 0 Å². The van der Waals surface area contributed by atoms with Gasteiger partial charge in [-0.25, -0.2) is 4.90 Å². The minimum Gasteiger partial charge on any atom is -0.344 e. The Bertz CT molecular complexity index is 1140. The third-order valence-electron chi connectivity index (χ3n) is 4.94. The first-order valence-electron chi connectivity index (χ1n) is 9.18. The van der Waals surface area contributed by atoms with E-state index in [1.807, 2.05) is 38.1 Å². The van der Waals surface area contributed by atoms with E-state index in [2.05, 4.69) is 16.7 Å². The predicted octanol–water partition coefficient (Wildman–Crippen LogP) is 6.05. The number of amides is 2. The van der Waals surface area contributed by atoms with Gasteiger partial charge in [-0.15, -0.1) is 0 Å². The fourth-order valence-corrected chi connectivity index (χ4v) is 4.45. The standard InChI is InChI=1S/C23H19ClN2O2S/c1-15-11-18(16(2)25(15)14-17-7-4-3-5-8-17)12-21-22(27)26(23(28)29-21)20-10-6-9-19(24)13-20/h3-13H,14H2,1-2H3/b21-12+. The SMILES string of the molecule is Cc1cc(/C=C2/SC(=O)N(c3cccc(Cl)c3)C2=O)c(C)n1Cc1ccccc1. The lowest BCUT2D eigenvalue weighted by atomic mass is 10.2. The lowest BCUT2D eigenvalue weighted by Crippen LogP contribution is -2.27. The van der Waals surface area contributed by atoms with E-state index < -0.39 is 0 Å². The van der Waals surface area contributed by atoms with Gasteiger partial charge in [-0.1, -0.05) is 48.0 Å². The van der Waals surface area contributed by atoms with Crippen LogP contribution in [-0.4, -0.2) is 15.7 Å². The number of nitrogens with zero attached hydrogens (tertiary/aromatic N) is 2. The van der Waals surface area contributed by atoms with Gasteiger partial charge >= 0.3 is 0 Å². The van der Waals surface area contributed by atoms with Gasteiger partial charge in [0.1, 0.15) is 0 Å². The summed E-state index contributed by atoms with van der Waals surface area (Å²) >= 11 is 6.97. The molecule has 0 saturated carbocycles. The van der Waals surface area contributed by atoms with Crippen LogP contribution in [0.3, 0.4) is 0 Å². The van der Waals surface area contributed by atoms with E-state index in [4.69, 9.17) is 11.6 Å². The number of aryl methyl sites for hydroxylation is 1. The van der Waals surface area contributed by atoms with E-state index in [-0.39, 0.29) is 11.1 Å². The van der Waals surface area contributed by atoms with Gasteiger partial charge in [0.2, 0.25) is 0 Å². The summed E-state index contributed by atoms with van der Waals surface area (Å²) in [6.07, 6.45) is 1.80. The molecule has 4 rings (SSSR count). The summed E-state index contributed by atoms with van der Waals surface area (Å²) in [5.41, 5.74) is 4.79. The predicted molar refractivity (Wildman–Crippen MR) is 119 cm³/mol. The molecule has 1 saturated heterocycles. The number of aromatic nitrogens is 1. The normalized spacial score (nSPS) is 15.6. The largest absolute Gasteiger partial charge is 0.344 e. The zero-order valence-corrected chi connectivity index (χ0v) is 17.6. The number of anilines is 1. The average Bonchev–Trinajstić information content (AvgIpc) is 3.12. The molecule has 1 aliphatic rings. The van der Waals surface area contributed by atoms with Crippen LogP contribution in [0.25, 0.3) is 6.08 Å². The average molecular weight is 423 g/mol. The molecule has 29 heavy (non-hydrogen) atoms. The topological polar surface area (TPSA) is 42.3 Å². The van der Waals surface area contributed by atoms with Crippen LogP contribution < -0.4 is 4.90 Å². The molecule has 1 aliphatic heterocycles. The van der Waals surface area contributed by atoms with E-state index in [9.17, 15) is 9.59 Å². The number of thioether (sulfide) groups is 1. The van der Waals surface area contributed by atoms with Crippen LogP contribution in [-0.2, 0) is 11.3 Å². The van der Waals surface area contributed by atoms with Gasteiger partial charge in [0.25, 0.3) is 11.1 Å². The van der Waals surface area contributed by atoms with Crippen LogP contribution >= 0.6 is 23.4 Å². The second-order valence-electron chi connectivity index (χ2n) is 6.90. The summed E-state index contributed by atoms with van der Waals surface area (Å²) < 4.78 is 2.21. The summed E-state index contributed by atoms with van der Waals surface area (Å²) in [6, 6.07) is 19.0. The third kappa shape index (κ3) is 3.88. The van der Waals surface area contributed by atoms with Crippen molar-refractivity contribution < 1.29 is 9.59 Å². The molecular formula is C23H19ClN2O2S. The van der Waals surface area contributed by atoms with Crippen LogP contribution in [0.15, 0.2) is 65.6 Å². The number of imide groups is 1. The molecule has 0 unspecified atom stereocenters. The molecule has 0 aliphatic carbocycles. The number of hydrogen-bond donors (Lipinski definition) is 0. The third-order valence-corrected chi connectivity index (χ3v) is 6.05. The molecule has 2 aromatic carbocycles. The molecule has 2 heterocycles. The van der Waals surface area contributed by atoms with E-state index in [1.54, 1.807) is 30.3 Å². The fourth-order valence-electron chi connectivity index (χ4n) is 3.43. The van der Waals surface area contributed by atoms with Crippen LogP contribution in [0.2, 0.25) is 5.02 Å². The van der Waals surface area contributed by atoms with Crippen molar-refractivity contribution in [3.63, 3.8) is 0 Å². The highest BCUT2D eigenvalue weighted by atomic mass is 35.5. The van der Waals surface area contributed by atoms with E-state index in [0.717, 1.165) is 35.3 Å². The van der Waals surface area contributed by atoms with Crippen LogP contribution in [0.5, 0.6) is 0 Å². The Labute approximate surface area is 178 Å². The molecule has 0 bridgehead atoms. The Hall–Kier alpha value is -2.76. The second-order valence-corrected chi connectivity index (χ2v) is 8.32. The highest BCUT2D eigenvalue weighted by Crippen LogP contribution is 2.37. The van der Waals surface area contributed by atoms with Crippen LogP contribution in [0.4, 0.5) is 10.5 Å². The first-order valence-corrected chi connectivity index (χ1v) is 10.4. The van der Waals surface area contributed by atoms with Crippen molar-refractivity contribution in [2.45, 2.75) is 20.4 Å². The minimum absolute atomic E-state index is 0.318. The molecule has 146 valence electrons. The Morgan fingerprint density at radius 1 is 1.00 bits per heavy atom. The van der Waals surface area contributed by atoms with Crippen molar-refractivity contribution in [2.24, 2.45) is 0 Å². The maximum Gasteiger partial charge on any atom is 0.298 e. The molecule has 0 spiro atoms. The summed E-state index contributed by atoms with van der Waals surface area (Å²) in [7, 11) is 0. The molecule has 4 nitrogen and oxygen atoms in total. The minimum atomic E-state index is -0.324. The molecule has 3 aromatic rings. The van der Waals surface area contributed by atoms with Gasteiger partial charge in [0.15, 0.2) is 0 Å². The number of carbonyl (C=O) groups is 2. The van der Waals surface area contributed by atoms with Gasteiger partial charge in [-0.2, -0.15) is 0 Å². The van der Waals surface area contributed by atoms with Crippen molar-refractivity contribution in [1.82, 2.24) is 4.57 Å². The summed E-state index contributed by atoms with van der Waals surface area (Å²) in [5, 5.41) is 0.164. The molecule has 1 fully saturated rings. The molecule has 0 N–H and O–H groups in total. The Morgan fingerprint density at radius 3 is 2.48 bits per heavy atom. The van der Waals surface area contributed by atoms with Gasteiger partial charge in [0, 0.05) is 23.0 Å². The van der Waals surface area contributed by atoms with Crippen LogP contribution in [0, 0.1) is 13.8 Å². The molecule has 1 aromatic heterocycles. The molecule has 0 radical (unpaired) electrons. The lowest BCUT2D eigenvalue weighted by Gasteiger charge is -2.12. The van der Waals surface area contributed by atoms with Gasteiger partial charge < -0.3 is 4.57 Å². The van der Waals surface area contributed by atoms with Gasteiger partial charge in [-0.05, 0) is 67.1 Å². The number of benzene rings is 2. The Morgan fingerprint density at radius 2 is 1.76 bits per heavy atom. The number of carbonyl (C=O) groups excluding carboxylic acids is 2. The maximum atomic E-state index is 12.9. The first kappa shape index (κ1) is 19.6. The smallest absolute Gasteiger partial charge is 0.298 e. The lowest BCUT2D eigenvalue weighted by molar-refractivity contribution is -0.113. The van der Waals surface area contributed by atoms with Crippen molar-refractivity contribution in [1.29, 1.82) is 0 Å². The van der Waals surface area contributed by atoms with Gasteiger partial charge in [-0.3, -0.25) is 9.59 Å². The first-order chi connectivity index (χ1) is 13.9.